The highest BCUT2D eigenvalue weighted by atomic mass is 16.1. The minimum atomic E-state index is 0.149. The van der Waals surface area contributed by atoms with E-state index in [2.05, 4.69) is 17.4 Å². The number of benzene rings is 1. The summed E-state index contributed by atoms with van der Waals surface area (Å²) >= 11 is 0. The second-order valence-electron chi connectivity index (χ2n) is 4.15. The van der Waals surface area contributed by atoms with Crippen LogP contribution in [-0.2, 0) is 4.79 Å². The van der Waals surface area contributed by atoms with Crippen molar-refractivity contribution in [3.63, 3.8) is 0 Å². The van der Waals surface area contributed by atoms with E-state index in [-0.39, 0.29) is 11.9 Å². The van der Waals surface area contributed by atoms with E-state index < -0.39 is 0 Å². The summed E-state index contributed by atoms with van der Waals surface area (Å²) in [5.74, 6) is 0.804. The molecule has 1 aromatic carbocycles. The number of hydrogen-bond donors (Lipinski definition) is 1. The molecule has 80 valence electrons. The van der Waals surface area contributed by atoms with Gasteiger partial charge in [-0.15, -0.1) is 0 Å². The van der Waals surface area contributed by atoms with Gasteiger partial charge in [0.05, 0.1) is 6.04 Å². The van der Waals surface area contributed by atoms with Gasteiger partial charge in [0.2, 0.25) is 5.91 Å². The van der Waals surface area contributed by atoms with E-state index in [4.69, 9.17) is 0 Å². The smallest absolute Gasteiger partial charge is 0.220 e. The molecule has 2 nitrogen and oxygen atoms in total. The Hall–Kier alpha value is -1.31. The summed E-state index contributed by atoms with van der Waals surface area (Å²) in [6, 6.07) is 10.5. The van der Waals surface area contributed by atoms with E-state index in [0.29, 0.717) is 12.3 Å². The summed E-state index contributed by atoms with van der Waals surface area (Å²) in [7, 11) is 0. The van der Waals surface area contributed by atoms with Crippen LogP contribution in [0.25, 0.3) is 0 Å². The minimum Gasteiger partial charge on any atom is -0.349 e. The highest BCUT2D eigenvalue weighted by Gasteiger charge is 2.32. The number of rotatable bonds is 4. The SMILES string of the molecule is CCC(=O)N[C@H](c1ccccc1)C1CC1. The second kappa shape index (κ2) is 4.47. The standard InChI is InChI=1S/C13H17NO/c1-2-12(15)14-13(11-8-9-11)10-6-4-3-5-7-10/h3-7,11,13H,2,8-9H2,1H3,(H,14,15)/t13-/m1/s1. The Balaban J connectivity index is 2.10. The van der Waals surface area contributed by atoms with Crippen molar-refractivity contribution in [1.82, 2.24) is 5.32 Å². The third-order valence-electron chi connectivity index (χ3n) is 2.89. The van der Waals surface area contributed by atoms with Crippen LogP contribution in [0.15, 0.2) is 30.3 Å². The van der Waals surface area contributed by atoms with Crippen LogP contribution in [0.1, 0.15) is 37.8 Å². The van der Waals surface area contributed by atoms with E-state index in [1.54, 1.807) is 0 Å². The Morgan fingerprint density at radius 2 is 2.07 bits per heavy atom. The molecule has 0 radical (unpaired) electrons. The fourth-order valence-electron chi connectivity index (χ4n) is 1.84. The highest BCUT2D eigenvalue weighted by Crippen LogP contribution is 2.40. The summed E-state index contributed by atoms with van der Waals surface area (Å²) in [4.78, 5) is 11.4. The van der Waals surface area contributed by atoms with Crippen LogP contribution < -0.4 is 5.32 Å². The first-order valence-corrected chi connectivity index (χ1v) is 5.65. The summed E-state index contributed by atoms with van der Waals surface area (Å²) in [6.07, 6.45) is 3.04. The summed E-state index contributed by atoms with van der Waals surface area (Å²) in [5.41, 5.74) is 1.24. The van der Waals surface area contributed by atoms with Crippen molar-refractivity contribution in [2.24, 2.45) is 5.92 Å². The third kappa shape index (κ3) is 2.58. The molecule has 2 heteroatoms. The Morgan fingerprint density at radius 3 is 2.60 bits per heavy atom. The summed E-state index contributed by atoms with van der Waals surface area (Å²) in [6.45, 7) is 1.89. The van der Waals surface area contributed by atoms with Crippen LogP contribution in [0.2, 0.25) is 0 Å². The summed E-state index contributed by atoms with van der Waals surface area (Å²) < 4.78 is 0. The van der Waals surface area contributed by atoms with Crippen LogP contribution >= 0.6 is 0 Å². The third-order valence-corrected chi connectivity index (χ3v) is 2.89. The zero-order valence-electron chi connectivity index (χ0n) is 9.07. The molecule has 0 bridgehead atoms. The van der Waals surface area contributed by atoms with Crippen LogP contribution in [-0.4, -0.2) is 5.91 Å². The normalized spacial score (nSPS) is 17.1. The Morgan fingerprint density at radius 1 is 1.40 bits per heavy atom. The van der Waals surface area contributed by atoms with E-state index in [0.717, 1.165) is 0 Å². The predicted octanol–water partition coefficient (Wildman–Crippen LogP) is 2.66. The van der Waals surface area contributed by atoms with Crippen LogP contribution in [0.3, 0.4) is 0 Å². The zero-order chi connectivity index (χ0) is 10.7. The predicted molar refractivity (Wildman–Crippen MR) is 60.3 cm³/mol. The monoisotopic (exact) mass is 203 g/mol. The molecule has 1 aliphatic rings. The molecule has 1 N–H and O–H groups in total. The number of hydrogen-bond acceptors (Lipinski definition) is 1. The second-order valence-corrected chi connectivity index (χ2v) is 4.15. The molecule has 1 amide bonds. The lowest BCUT2D eigenvalue weighted by Crippen LogP contribution is -2.29. The lowest BCUT2D eigenvalue weighted by molar-refractivity contribution is -0.121. The van der Waals surface area contributed by atoms with Gasteiger partial charge < -0.3 is 5.32 Å². The molecule has 2 rings (SSSR count). The Labute approximate surface area is 90.7 Å². The van der Waals surface area contributed by atoms with Gasteiger partial charge >= 0.3 is 0 Å². The van der Waals surface area contributed by atoms with Crippen molar-refractivity contribution in [3.05, 3.63) is 35.9 Å². The summed E-state index contributed by atoms with van der Waals surface area (Å²) in [5, 5.41) is 3.11. The van der Waals surface area contributed by atoms with Gasteiger partial charge in [0.25, 0.3) is 0 Å². The van der Waals surface area contributed by atoms with E-state index in [1.807, 2.05) is 25.1 Å². The quantitative estimate of drug-likeness (QED) is 0.800. The molecule has 1 aromatic rings. The molecule has 0 aliphatic heterocycles. The molecule has 0 heterocycles. The molecule has 0 spiro atoms. The Kier molecular flexibility index (Phi) is 3.05. The van der Waals surface area contributed by atoms with E-state index in [1.165, 1.54) is 18.4 Å². The fraction of sp³-hybridized carbons (Fsp3) is 0.462. The maximum absolute atomic E-state index is 11.4. The van der Waals surface area contributed by atoms with Gasteiger partial charge in [-0.1, -0.05) is 37.3 Å². The maximum Gasteiger partial charge on any atom is 0.220 e. The van der Waals surface area contributed by atoms with Crippen molar-refractivity contribution >= 4 is 5.91 Å². The molecule has 1 fully saturated rings. The molecular formula is C13H17NO. The van der Waals surface area contributed by atoms with Crippen LogP contribution in [0.5, 0.6) is 0 Å². The fourth-order valence-corrected chi connectivity index (χ4v) is 1.84. The number of carbonyl (C=O) groups is 1. The molecule has 15 heavy (non-hydrogen) atoms. The van der Waals surface area contributed by atoms with Gasteiger partial charge in [-0.3, -0.25) is 4.79 Å². The van der Waals surface area contributed by atoms with Gasteiger partial charge in [0.15, 0.2) is 0 Å². The van der Waals surface area contributed by atoms with Crippen molar-refractivity contribution in [3.8, 4) is 0 Å². The largest absolute Gasteiger partial charge is 0.349 e. The highest BCUT2D eigenvalue weighted by molar-refractivity contribution is 5.76. The lowest BCUT2D eigenvalue weighted by atomic mass is 10.0. The molecule has 1 saturated carbocycles. The number of amides is 1. The van der Waals surface area contributed by atoms with Gasteiger partial charge in [-0.25, -0.2) is 0 Å². The van der Waals surface area contributed by atoms with E-state index in [9.17, 15) is 4.79 Å². The Bertz CT molecular complexity index is 330. The van der Waals surface area contributed by atoms with Gasteiger partial charge in [-0.05, 0) is 24.3 Å². The maximum atomic E-state index is 11.4. The number of carbonyl (C=O) groups excluding carboxylic acids is 1. The molecule has 0 aromatic heterocycles. The molecule has 0 saturated heterocycles. The van der Waals surface area contributed by atoms with Gasteiger partial charge in [0, 0.05) is 6.42 Å². The van der Waals surface area contributed by atoms with Crippen molar-refractivity contribution in [2.45, 2.75) is 32.2 Å². The molecule has 0 unspecified atom stereocenters. The average molecular weight is 203 g/mol. The van der Waals surface area contributed by atoms with Gasteiger partial charge in [-0.2, -0.15) is 0 Å². The first-order valence-electron chi connectivity index (χ1n) is 5.65. The van der Waals surface area contributed by atoms with Crippen LogP contribution in [0, 0.1) is 5.92 Å². The number of nitrogens with one attached hydrogen (secondary N) is 1. The lowest BCUT2D eigenvalue weighted by Gasteiger charge is -2.18. The first-order chi connectivity index (χ1) is 7.31. The van der Waals surface area contributed by atoms with Crippen molar-refractivity contribution in [2.75, 3.05) is 0 Å². The minimum absolute atomic E-state index is 0.149. The van der Waals surface area contributed by atoms with E-state index >= 15 is 0 Å². The van der Waals surface area contributed by atoms with Crippen LogP contribution in [0.4, 0.5) is 0 Å². The average Bonchev–Trinajstić information content (AvgIpc) is 3.10. The molecular weight excluding hydrogens is 186 g/mol. The van der Waals surface area contributed by atoms with Gasteiger partial charge in [0.1, 0.15) is 0 Å². The zero-order valence-corrected chi connectivity index (χ0v) is 9.07. The molecule has 1 aliphatic carbocycles. The topological polar surface area (TPSA) is 29.1 Å². The van der Waals surface area contributed by atoms with Crippen molar-refractivity contribution < 1.29 is 4.79 Å². The first kappa shape index (κ1) is 10.2. The molecule has 1 atom stereocenters. The van der Waals surface area contributed by atoms with Crippen molar-refractivity contribution in [1.29, 1.82) is 0 Å².